The second kappa shape index (κ2) is 6.58. The van der Waals surface area contributed by atoms with Gasteiger partial charge in [-0.05, 0) is 47.7 Å². The van der Waals surface area contributed by atoms with E-state index in [1.54, 1.807) is 11.3 Å². The molecule has 1 radical (unpaired) electrons. The molecule has 123 valence electrons. The first-order valence-corrected chi connectivity index (χ1v) is 9.16. The van der Waals surface area contributed by atoms with Crippen LogP contribution >= 0.6 is 27.3 Å². The van der Waals surface area contributed by atoms with Crippen molar-refractivity contribution in [2.75, 3.05) is 0 Å². The molecule has 3 aromatic carbocycles. The van der Waals surface area contributed by atoms with Crippen LogP contribution in [0.2, 0.25) is 0 Å². The number of hydrogen-bond donors (Lipinski definition) is 0. The maximum atomic E-state index is 4.46. The Hall–Kier alpha value is -1.65. The van der Waals surface area contributed by atoms with Gasteiger partial charge in [0.25, 0.3) is 0 Å². The van der Waals surface area contributed by atoms with Crippen molar-refractivity contribution >= 4 is 58.9 Å². The van der Waals surface area contributed by atoms with Gasteiger partial charge in [0, 0.05) is 31.2 Å². The Labute approximate surface area is 170 Å². The van der Waals surface area contributed by atoms with Crippen molar-refractivity contribution in [3.05, 3.63) is 71.3 Å². The molecule has 0 fully saturated rings. The molecule has 2 aromatic heterocycles. The van der Waals surface area contributed by atoms with Gasteiger partial charge in [0.2, 0.25) is 0 Å². The van der Waals surface area contributed by atoms with E-state index >= 15 is 0 Å². The first kappa shape index (κ1) is 16.8. The van der Waals surface area contributed by atoms with Crippen LogP contribution in [0.5, 0.6) is 0 Å². The molecule has 0 aliphatic carbocycles. The zero-order valence-corrected chi connectivity index (χ0v) is 17.6. The topological polar surface area (TPSA) is 25.8 Å². The van der Waals surface area contributed by atoms with Crippen molar-refractivity contribution in [1.29, 1.82) is 0 Å². The van der Waals surface area contributed by atoms with Crippen molar-refractivity contribution in [1.82, 2.24) is 10.2 Å². The zero-order valence-electron chi connectivity index (χ0n) is 12.8. The number of rotatable bonds is 1. The molecule has 0 spiro atoms. The Kier molecular flexibility index (Phi) is 4.42. The minimum absolute atomic E-state index is 0. The molecule has 0 saturated heterocycles. The minimum Gasteiger partial charge on any atom is -0.206 e. The number of aromatic nitrogens is 2. The van der Waals surface area contributed by atoms with E-state index in [0.29, 0.717) is 0 Å². The van der Waals surface area contributed by atoms with Crippen LogP contribution in [0, 0.1) is 6.07 Å². The van der Waals surface area contributed by atoms with Crippen molar-refractivity contribution in [2.24, 2.45) is 0 Å². The van der Waals surface area contributed by atoms with Crippen LogP contribution in [0.25, 0.3) is 42.2 Å². The molecule has 2 heterocycles. The largest absolute Gasteiger partial charge is 0.206 e. The third kappa shape index (κ3) is 2.81. The number of nitrogens with zero attached hydrogens (tertiary/aromatic N) is 2. The first-order valence-electron chi connectivity index (χ1n) is 7.55. The molecule has 0 atom stereocenters. The zero-order chi connectivity index (χ0) is 16.1. The minimum atomic E-state index is 0. The van der Waals surface area contributed by atoms with E-state index in [1.165, 1.54) is 15.5 Å². The van der Waals surface area contributed by atoms with Crippen LogP contribution in [0.1, 0.15) is 0 Å². The standard InChI is InChI=1S/C20H10BrN2S.Ir/c21-20-16-10-13-6-2-1-5-12(13)9-15(16)19(22-23-20)18-11-14-7-3-4-8-17(14)24-18;/h1-10H;/q-1;. The summed E-state index contributed by atoms with van der Waals surface area (Å²) >= 11 is 5.25. The van der Waals surface area contributed by atoms with Crippen LogP contribution < -0.4 is 0 Å². The summed E-state index contributed by atoms with van der Waals surface area (Å²) in [6.07, 6.45) is 0. The molecule has 0 bridgehead atoms. The Morgan fingerprint density at radius 2 is 1.52 bits per heavy atom. The second-order valence-corrected chi connectivity index (χ2v) is 7.44. The maximum Gasteiger partial charge on any atom is 0.134 e. The fraction of sp³-hybridized carbons (Fsp3) is 0. The normalized spacial score (nSPS) is 11.1. The maximum absolute atomic E-state index is 4.46. The van der Waals surface area contributed by atoms with Gasteiger partial charge in [-0.1, -0.05) is 42.5 Å². The van der Waals surface area contributed by atoms with Crippen molar-refractivity contribution in [3.63, 3.8) is 0 Å². The van der Waals surface area contributed by atoms with Gasteiger partial charge in [-0.25, -0.2) is 11.3 Å². The predicted octanol–water partition coefficient (Wildman–Crippen LogP) is 6.22. The van der Waals surface area contributed by atoms with Crippen molar-refractivity contribution in [3.8, 4) is 10.6 Å². The third-order valence-electron chi connectivity index (χ3n) is 4.16. The van der Waals surface area contributed by atoms with Crippen molar-refractivity contribution < 1.29 is 20.1 Å². The van der Waals surface area contributed by atoms with E-state index < -0.39 is 0 Å². The van der Waals surface area contributed by atoms with Gasteiger partial charge in [-0.2, -0.15) is 10.2 Å². The Morgan fingerprint density at radius 1 is 0.840 bits per heavy atom. The molecule has 0 amide bonds. The van der Waals surface area contributed by atoms with Gasteiger partial charge >= 0.3 is 0 Å². The van der Waals surface area contributed by atoms with Crippen LogP contribution in [-0.2, 0) is 20.1 Å². The smallest absolute Gasteiger partial charge is 0.134 e. The van der Waals surface area contributed by atoms with Gasteiger partial charge in [0.15, 0.2) is 0 Å². The summed E-state index contributed by atoms with van der Waals surface area (Å²) in [4.78, 5) is 1.02. The molecule has 2 nitrogen and oxygen atoms in total. The average molecular weight is 583 g/mol. The second-order valence-electron chi connectivity index (χ2n) is 5.64. The summed E-state index contributed by atoms with van der Waals surface area (Å²) in [6.45, 7) is 0. The predicted molar refractivity (Wildman–Crippen MR) is 104 cm³/mol. The quantitative estimate of drug-likeness (QED) is 0.173. The third-order valence-corrected chi connectivity index (χ3v) is 5.82. The van der Waals surface area contributed by atoms with Crippen molar-refractivity contribution in [2.45, 2.75) is 0 Å². The van der Waals surface area contributed by atoms with E-state index in [2.05, 4.69) is 86.8 Å². The summed E-state index contributed by atoms with van der Waals surface area (Å²) in [7, 11) is 0. The van der Waals surface area contributed by atoms with Crippen LogP contribution in [0.15, 0.2) is 65.3 Å². The summed E-state index contributed by atoms with van der Waals surface area (Å²) in [5.74, 6) is 0. The van der Waals surface area contributed by atoms with E-state index in [1.807, 2.05) is 6.07 Å². The molecule has 5 heteroatoms. The number of halogens is 1. The van der Waals surface area contributed by atoms with Crippen LogP contribution in [0.3, 0.4) is 0 Å². The van der Waals surface area contributed by atoms with E-state index in [-0.39, 0.29) is 20.1 Å². The Morgan fingerprint density at radius 3 is 2.28 bits per heavy atom. The van der Waals surface area contributed by atoms with E-state index in [9.17, 15) is 0 Å². The summed E-state index contributed by atoms with van der Waals surface area (Å²) < 4.78 is 1.99. The molecular weight excluding hydrogens is 572 g/mol. The molecule has 25 heavy (non-hydrogen) atoms. The number of benzene rings is 3. The van der Waals surface area contributed by atoms with Gasteiger partial charge in [0.05, 0.1) is 0 Å². The summed E-state index contributed by atoms with van der Waals surface area (Å²) in [6, 6.07) is 24.5. The Bertz CT molecular complexity index is 1200. The number of hydrogen-bond acceptors (Lipinski definition) is 3. The first-order chi connectivity index (χ1) is 11.8. The van der Waals surface area contributed by atoms with Crippen LogP contribution in [0.4, 0.5) is 0 Å². The molecule has 5 rings (SSSR count). The van der Waals surface area contributed by atoms with Gasteiger partial charge in [0.1, 0.15) is 4.60 Å². The van der Waals surface area contributed by atoms with E-state index in [4.69, 9.17) is 0 Å². The molecule has 0 aliphatic rings. The number of fused-ring (bicyclic) bond motifs is 3. The number of thiophene rings is 1. The van der Waals surface area contributed by atoms with E-state index in [0.717, 1.165) is 31.3 Å². The molecule has 0 unspecified atom stereocenters. The molecule has 0 saturated carbocycles. The molecular formula is C20H10BrIrN2S-. The van der Waals surface area contributed by atoms with Crippen LogP contribution in [-0.4, -0.2) is 10.2 Å². The summed E-state index contributed by atoms with van der Waals surface area (Å²) in [5, 5.41) is 14.5. The Balaban J connectivity index is 0.00000157. The fourth-order valence-electron chi connectivity index (χ4n) is 3.00. The van der Waals surface area contributed by atoms with Gasteiger partial charge in [-0.15, -0.1) is 23.6 Å². The molecule has 0 aliphatic heterocycles. The monoisotopic (exact) mass is 582 g/mol. The van der Waals surface area contributed by atoms with Gasteiger partial charge < -0.3 is 0 Å². The SMILES string of the molecule is Brc1nnc(-c2[c-]c3ccccc3s2)c2cc3ccccc3cc12.[Ir]. The molecule has 0 N–H and O–H groups in total. The van der Waals surface area contributed by atoms with Gasteiger partial charge in [-0.3, -0.25) is 0 Å². The molecule has 5 aromatic rings. The summed E-state index contributed by atoms with van der Waals surface area (Å²) in [5.41, 5.74) is 0.889. The average Bonchev–Trinajstić information content (AvgIpc) is 3.04. The fourth-order valence-corrected chi connectivity index (χ4v) is 4.41.